The van der Waals surface area contributed by atoms with Gasteiger partial charge in [-0.2, -0.15) is 0 Å². The quantitative estimate of drug-likeness (QED) is 0.557. The van der Waals surface area contributed by atoms with Gasteiger partial charge in [-0.1, -0.05) is 42.9 Å². The molecule has 2 aromatic carbocycles. The number of hydrogen-bond donors (Lipinski definition) is 2. The van der Waals surface area contributed by atoms with Crippen LogP contribution in [-0.4, -0.2) is 24.5 Å². The Balaban J connectivity index is 1.68. The van der Waals surface area contributed by atoms with Crippen molar-refractivity contribution in [2.24, 2.45) is 0 Å². The summed E-state index contributed by atoms with van der Waals surface area (Å²) in [7, 11) is -3.74. The maximum Gasteiger partial charge on any atom is 0.261 e. The van der Waals surface area contributed by atoms with Gasteiger partial charge in [0.05, 0.1) is 10.6 Å². The van der Waals surface area contributed by atoms with Gasteiger partial charge in [-0.15, -0.1) is 10.2 Å². The van der Waals surface area contributed by atoms with Crippen molar-refractivity contribution in [1.82, 2.24) is 10.2 Å². The maximum absolute atomic E-state index is 12.6. The van der Waals surface area contributed by atoms with Crippen LogP contribution in [0, 0.1) is 6.92 Å². The Morgan fingerprint density at radius 3 is 2.48 bits per heavy atom. The first-order valence-electron chi connectivity index (χ1n) is 9.21. The highest BCUT2D eigenvalue weighted by Crippen LogP contribution is 2.21. The zero-order valence-corrected chi connectivity index (χ0v) is 17.8. The normalized spacial score (nSPS) is 11.2. The molecule has 2 N–H and O–H groups in total. The first kappa shape index (κ1) is 20.9. The summed E-state index contributed by atoms with van der Waals surface area (Å²) in [5, 5.41) is 12.0. The largest absolute Gasteiger partial charge is 0.296 e. The fourth-order valence-corrected chi connectivity index (χ4v) is 4.49. The Labute approximate surface area is 174 Å². The van der Waals surface area contributed by atoms with Crippen molar-refractivity contribution in [3.8, 4) is 0 Å². The van der Waals surface area contributed by atoms with E-state index in [1.165, 1.54) is 35.6 Å². The molecule has 0 aliphatic heterocycles. The lowest BCUT2D eigenvalue weighted by molar-refractivity contribution is 0.102. The molecule has 0 spiro atoms. The Morgan fingerprint density at radius 1 is 1.07 bits per heavy atom. The van der Waals surface area contributed by atoms with Crippen LogP contribution in [-0.2, 0) is 16.4 Å². The van der Waals surface area contributed by atoms with Gasteiger partial charge in [0.2, 0.25) is 5.13 Å². The summed E-state index contributed by atoms with van der Waals surface area (Å²) in [6.07, 6.45) is 2.93. The molecule has 0 saturated carbocycles. The molecule has 29 heavy (non-hydrogen) atoms. The van der Waals surface area contributed by atoms with Crippen LogP contribution in [0.4, 0.5) is 10.8 Å². The van der Waals surface area contributed by atoms with Crippen LogP contribution in [0.2, 0.25) is 0 Å². The lowest BCUT2D eigenvalue weighted by atomic mass is 10.2. The smallest absolute Gasteiger partial charge is 0.261 e. The standard InChI is InChI=1S/C20H22N4O3S2/c1-3-4-9-18-22-23-20(28-18)21-19(25)15-10-12-16(13-11-15)29(26,27)24-17-8-6-5-7-14(17)2/h5-8,10-13,24H,3-4,9H2,1-2H3,(H,21,23,25). The third-order valence-corrected chi connectivity index (χ3v) is 6.53. The molecule has 1 heterocycles. The SMILES string of the molecule is CCCCc1nnc(NC(=O)c2ccc(S(=O)(=O)Nc3ccccc3C)cc2)s1. The van der Waals surface area contributed by atoms with Gasteiger partial charge in [-0.3, -0.25) is 14.8 Å². The number of benzene rings is 2. The van der Waals surface area contributed by atoms with Crippen molar-refractivity contribution in [2.45, 2.75) is 38.0 Å². The zero-order valence-electron chi connectivity index (χ0n) is 16.2. The van der Waals surface area contributed by atoms with Crippen molar-refractivity contribution < 1.29 is 13.2 Å². The summed E-state index contributed by atoms with van der Waals surface area (Å²) in [5.74, 6) is -0.362. The minimum atomic E-state index is -3.74. The molecule has 3 aromatic rings. The number of carbonyl (C=O) groups is 1. The predicted octanol–water partition coefficient (Wildman–Crippen LogP) is 4.24. The van der Waals surface area contributed by atoms with Crippen LogP contribution >= 0.6 is 11.3 Å². The highest BCUT2D eigenvalue weighted by atomic mass is 32.2. The van der Waals surface area contributed by atoms with E-state index >= 15 is 0 Å². The number of aromatic nitrogens is 2. The monoisotopic (exact) mass is 430 g/mol. The number of aryl methyl sites for hydroxylation is 2. The number of hydrogen-bond acceptors (Lipinski definition) is 6. The van der Waals surface area contributed by atoms with Gasteiger partial charge in [0.1, 0.15) is 5.01 Å². The van der Waals surface area contributed by atoms with E-state index in [0.29, 0.717) is 16.4 Å². The molecule has 7 nitrogen and oxygen atoms in total. The fraction of sp³-hybridized carbons (Fsp3) is 0.250. The Morgan fingerprint density at radius 2 is 1.79 bits per heavy atom. The van der Waals surface area contributed by atoms with E-state index in [1.54, 1.807) is 12.1 Å². The van der Waals surface area contributed by atoms with Crippen molar-refractivity contribution in [3.63, 3.8) is 0 Å². The van der Waals surface area contributed by atoms with E-state index in [4.69, 9.17) is 0 Å². The summed E-state index contributed by atoms with van der Waals surface area (Å²) in [6.45, 7) is 3.93. The molecule has 0 unspecified atom stereocenters. The number of unbranched alkanes of at least 4 members (excludes halogenated alkanes) is 1. The molecule has 0 radical (unpaired) electrons. The third-order valence-electron chi connectivity index (χ3n) is 4.25. The molecule has 9 heteroatoms. The van der Waals surface area contributed by atoms with Gasteiger partial charge in [0.15, 0.2) is 0 Å². The summed E-state index contributed by atoms with van der Waals surface area (Å²) in [5.41, 5.74) is 1.68. The number of carbonyl (C=O) groups excluding carboxylic acids is 1. The lowest BCUT2D eigenvalue weighted by Crippen LogP contribution is -2.15. The minimum absolute atomic E-state index is 0.0788. The van der Waals surface area contributed by atoms with Gasteiger partial charge in [-0.05, 0) is 49.2 Å². The van der Waals surface area contributed by atoms with E-state index in [1.807, 2.05) is 19.1 Å². The molecule has 0 fully saturated rings. The van der Waals surface area contributed by atoms with E-state index in [-0.39, 0.29) is 10.8 Å². The summed E-state index contributed by atoms with van der Waals surface area (Å²) < 4.78 is 27.7. The topological polar surface area (TPSA) is 101 Å². The van der Waals surface area contributed by atoms with E-state index < -0.39 is 10.0 Å². The van der Waals surface area contributed by atoms with Crippen LogP contribution in [0.3, 0.4) is 0 Å². The third kappa shape index (κ3) is 5.39. The summed E-state index contributed by atoms with van der Waals surface area (Å²) in [6, 6.07) is 12.9. The van der Waals surface area contributed by atoms with Crippen molar-refractivity contribution in [3.05, 3.63) is 64.7 Å². The number of amides is 1. The number of nitrogens with one attached hydrogen (secondary N) is 2. The molecule has 0 aliphatic rings. The highest BCUT2D eigenvalue weighted by molar-refractivity contribution is 7.92. The number of nitrogens with zero attached hydrogens (tertiary/aromatic N) is 2. The average Bonchev–Trinajstić information content (AvgIpc) is 3.15. The molecule has 0 saturated heterocycles. The first-order chi connectivity index (χ1) is 13.9. The lowest BCUT2D eigenvalue weighted by Gasteiger charge is -2.10. The van der Waals surface area contributed by atoms with Crippen molar-refractivity contribution >= 4 is 38.1 Å². The second-order valence-electron chi connectivity index (χ2n) is 6.50. The van der Waals surface area contributed by atoms with Gasteiger partial charge in [0.25, 0.3) is 15.9 Å². The predicted molar refractivity (Wildman–Crippen MR) is 115 cm³/mol. The number of para-hydroxylation sites is 1. The van der Waals surface area contributed by atoms with Crippen LogP contribution in [0.15, 0.2) is 53.4 Å². The Hall–Kier alpha value is -2.78. The molecule has 0 bridgehead atoms. The Bertz CT molecular complexity index is 1090. The zero-order chi connectivity index (χ0) is 20.9. The molecule has 152 valence electrons. The number of anilines is 2. The number of sulfonamides is 1. The molecule has 0 atom stereocenters. The molecular weight excluding hydrogens is 408 g/mol. The summed E-state index contributed by atoms with van der Waals surface area (Å²) >= 11 is 1.35. The second kappa shape index (κ2) is 9.15. The fourth-order valence-electron chi connectivity index (χ4n) is 2.58. The van der Waals surface area contributed by atoms with Gasteiger partial charge < -0.3 is 0 Å². The van der Waals surface area contributed by atoms with Crippen molar-refractivity contribution in [1.29, 1.82) is 0 Å². The highest BCUT2D eigenvalue weighted by Gasteiger charge is 2.17. The number of rotatable bonds is 8. The summed E-state index contributed by atoms with van der Waals surface area (Å²) in [4.78, 5) is 12.5. The van der Waals surface area contributed by atoms with Crippen LogP contribution < -0.4 is 10.0 Å². The minimum Gasteiger partial charge on any atom is -0.296 e. The van der Waals surface area contributed by atoms with Crippen LogP contribution in [0.25, 0.3) is 0 Å². The average molecular weight is 431 g/mol. The molecule has 3 rings (SSSR count). The molecule has 0 aliphatic carbocycles. The van der Waals surface area contributed by atoms with Crippen molar-refractivity contribution in [2.75, 3.05) is 10.0 Å². The van der Waals surface area contributed by atoms with Gasteiger partial charge in [-0.25, -0.2) is 8.42 Å². The van der Waals surface area contributed by atoms with Gasteiger partial charge >= 0.3 is 0 Å². The van der Waals surface area contributed by atoms with E-state index in [9.17, 15) is 13.2 Å². The van der Waals surface area contributed by atoms with Gasteiger partial charge in [0, 0.05) is 12.0 Å². The molecule has 1 aromatic heterocycles. The first-order valence-corrected chi connectivity index (χ1v) is 11.5. The molecular formula is C20H22N4O3S2. The maximum atomic E-state index is 12.6. The van der Waals surface area contributed by atoms with Crippen LogP contribution in [0.5, 0.6) is 0 Å². The van der Waals surface area contributed by atoms with Crippen LogP contribution in [0.1, 0.15) is 40.7 Å². The Kier molecular flexibility index (Phi) is 6.60. The van der Waals surface area contributed by atoms with E-state index in [2.05, 4.69) is 27.2 Å². The van der Waals surface area contributed by atoms with E-state index in [0.717, 1.165) is 29.8 Å². The second-order valence-corrected chi connectivity index (χ2v) is 9.25. The molecule has 1 amide bonds.